The summed E-state index contributed by atoms with van der Waals surface area (Å²) in [6, 6.07) is 0. The van der Waals surface area contributed by atoms with Crippen molar-refractivity contribution in [1.82, 2.24) is 4.90 Å². The van der Waals surface area contributed by atoms with Gasteiger partial charge in [0.25, 0.3) is 0 Å². The van der Waals surface area contributed by atoms with Crippen LogP contribution in [0.25, 0.3) is 0 Å². The number of hydrogen-bond acceptors (Lipinski definition) is 5. The highest BCUT2D eigenvalue weighted by Crippen LogP contribution is 2.03. The van der Waals surface area contributed by atoms with Gasteiger partial charge in [0.15, 0.2) is 0 Å². The molecule has 0 aliphatic heterocycles. The summed E-state index contributed by atoms with van der Waals surface area (Å²) in [5.41, 5.74) is 0. The molecule has 0 saturated heterocycles. The molecule has 0 aromatic rings. The van der Waals surface area contributed by atoms with Gasteiger partial charge in [0.2, 0.25) is 0 Å². The van der Waals surface area contributed by atoms with E-state index in [4.69, 9.17) is 14.2 Å². The molecular weight excluding hydrogens is 222 g/mol. The monoisotopic (exact) mass is 247 g/mol. The van der Waals surface area contributed by atoms with Gasteiger partial charge in [-0.3, -0.25) is 4.79 Å². The van der Waals surface area contributed by atoms with Gasteiger partial charge in [-0.15, -0.1) is 0 Å². The highest BCUT2D eigenvalue weighted by molar-refractivity contribution is 5.72. The van der Waals surface area contributed by atoms with Gasteiger partial charge in [-0.05, 0) is 6.42 Å². The Morgan fingerprint density at radius 2 is 1.76 bits per heavy atom. The number of hydrogen-bond donors (Lipinski definition) is 0. The first-order valence-electron chi connectivity index (χ1n) is 5.93. The first kappa shape index (κ1) is 16.4. The summed E-state index contributed by atoms with van der Waals surface area (Å²) in [6.07, 6.45) is 0.952. The van der Waals surface area contributed by atoms with Crippen LogP contribution in [0.15, 0.2) is 0 Å². The molecule has 0 saturated carbocycles. The summed E-state index contributed by atoms with van der Waals surface area (Å²) in [5, 5.41) is 0. The van der Waals surface area contributed by atoms with Crippen molar-refractivity contribution in [3.05, 3.63) is 0 Å². The first-order valence-corrected chi connectivity index (χ1v) is 5.93. The molecule has 102 valence electrons. The summed E-state index contributed by atoms with van der Waals surface area (Å²) >= 11 is 0. The molecule has 0 aromatic heterocycles. The topological polar surface area (TPSA) is 48.0 Å². The predicted molar refractivity (Wildman–Crippen MR) is 66.0 cm³/mol. The van der Waals surface area contributed by atoms with Gasteiger partial charge in [-0.25, -0.2) is 0 Å². The van der Waals surface area contributed by atoms with E-state index in [1.165, 1.54) is 7.11 Å². The van der Waals surface area contributed by atoms with E-state index in [-0.39, 0.29) is 11.9 Å². The van der Waals surface area contributed by atoms with Crippen molar-refractivity contribution in [3.8, 4) is 0 Å². The molecular formula is C12H25NO4. The standard InChI is InChI=1S/C12H25NO4/c1-11(12(14)17-4)10-13(7-9-16-3)6-5-8-15-2/h11H,5-10H2,1-4H3. The highest BCUT2D eigenvalue weighted by Gasteiger charge is 2.17. The van der Waals surface area contributed by atoms with Crippen LogP contribution in [0.1, 0.15) is 13.3 Å². The third-order valence-electron chi connectivity index (χ3n) is 2.57. The zero-order valence-corrected chi connectivity index (χ0v) is 11.4. The Bertz CT molecular complexity index is 199. The minimum atomic E-state index is -0.167. The molecule has 1 unspecified atom stereocenters. The summed E-state index contributed by atoms with van der Waals surface area (Å²) in [6.45, 7) is 5.69. The lowest BCUT2D eigenvalue weighted by molar-refractivity contribution is -0.145. The molecule has 0 bridgehead atoms. The number of rotatable bonds is 10. The van der Waals surface area contributed by atoms with Crippen LogP contribution in [0.5, 0.6) is 0 Å². The van der Waals surface area contributed by atoms with Crippen LogP contribution in [0.4, 0.5) is 0 Å². The van der Waals surface area contributed by atoms with Gasteiger partial charge < -0.3 is 19.1 Å². The average Bonchev–Trinajstić information content (AvgIpc) is 2.34. The number of esters is 1. The van der Waals surface area contributed by atoms with Crippen LogP contribution >= 0.6 is 0 Å². The molecule has 0 aliphatic rings. The lowest BCUT2D eigenvalue weighted by atomic mass is 10.1. The van der Waals surface area contributed by atoms with E-state index in [2.05, 4.69) is 4.90 Å². The molecule has 0 fully saturated rings. The SMILES string of the molecule is COCCCN(CCOC)CC(C)C(=O)OC. The number of methoxy groups -OCH3 is 3. The lowest BCUT2D eigenvalue weighted by Crippen LogP contribution is -2.35. The number of nitrogens with zero attached hydrogens (tertiary/aromatic N) is 1. The third-order valence-corrected chi connectivity index (χ3v) is 2.57. The highest BCUT2D eigenvalue weighted by atomic mass is 16.5. The summed E-state index contributed by atoms with van der Waals surface area (Å²) < 4.78 is 14.8. The van der Waals surface area contributed by atoms with E-state index in [9.17, 15) is 4.79 Å². The Labute approximate surface area is 104 Å². The molecule has 5 heteroatoms. The second kappa shape index (κ2) is 10.5. The maximum absolute atomic E-state index is 11.3. The molecule has 0 radical (unpaired) electrons. The van der Waals surface area contributed by atoms with Gasteiger partial charge >= 0.3 is 5.97 Å². The molecule has 0 aromatic carbocycles. The smallest absolute Gasteiger partial charge is 0.309 e. The molecule has 0 heterocycles. The van der Waals surface area contributed by atoms with Gasteiger partial charge in [0, 0.05) is 40.5 Å². The van der Waals surface area contributed by atoms with Crippen LogP contribution in [-0.4, -0.2) is 65.0 Å². The minimum absolute atomic E-state index is 0.112. The Morgan fingerprint density at radius 3 is 2.29 bits per heavy atom. The zero-order chi connectivity index (χ0) is 13.1. The van der Waals surface area contributed by atoms with Crippen molar-refractivity contribution >= 4 is 5.97 Å². The van der Waals surface area contributed by atoms with E-state index in [0.29, 0.717) is 13.2 Å². The van der Waals surface area contributed by atoms with E-state index < -0.39 is 0 Å². The maximum atomic E-state index is 11.3. The lowest BCUT2D eigenvalue weighted by Gasteiger charge is -2.24. The van der Waals surface area contributed by atoms with Crippen molar-refractivity contribution in [1.29, 1.82) is 0 Å². The van der Waals surface area contributed by atoms with Crippen LogP contribution in [-0.2, 0) is 19.0 Å². The third kappa shape index (κ3) is 8.12. The van der Waals surface area contributed by atoms with Crippen LogP contribution < -0.4 is 0 Å². The molecule has 0 rings (SSSR count). The second-order valence-electron chi connectivity index (χ2n) is 4.06. The normalized spacial score (nSPS) is 12.8. The quantitative estimate of drug-likeness (QED) is 0.422. The van der Waals surface area contributed by atoms with Crippen molar-refractivity contribution in [3.63, 3.8) is 0 Å². The van der Waals surface area contributed by atoms with Gasteiger partial charge in [0.1, 0.15) is 0 Å². The van der Waals surface area contributed by atoms with E-state index in [1.807, 2.05) is 6.92 Å². The summed E-state index contributed by atoms with van der Waals surface area (Å²) in [4.78, 5) is 13.5. The average molecular weight is 247 g/mol. The molecule has 0 spiro atoms. The van der Waals surface area contributed by atoms with Crippen molar-refractivity contribution in [2.24, 2.45) is 5.92 Å². The maximum Gasteiger partial charge on any atom is 0.309 e. The molecule has 17 heavy (non-hydrogen) atoms. The molecule has 0 aliphatic carbocycles. The fraction of sp³-hybridized carbons (Fsp3) is 0.917. The van der Waals surface area contributed by atoms with E-state index in [0.717, 1.165) is 26.1 Å². The zero-order valence-electron chi connectivity index (χ0n) is 11.4. The molecule has 0 N–H and O–H groups in total. The number of carbonyl (C=O) groups is 1. The molecule has 0 amide bonds. The van der Waals surface area contributed by atoms with Crippen molar-refractivity contribution < 1.29 is 19.0 Å². The largest absolute Gasteiger partial charge is 0.469 e. The van der Waals surface area contributed by atoms with Crippen LogP contribution in [0.2, 0.25) is 0 Å². The Kier molecular flexibility index (Phi) is 10.1. The second-order valence-corrected chi connectivity index (χ2v) is 4.06. The molecule has 5 nitrogen and oxygen atoms in total. The Balaban J connectivity index is 4.02. The summed E-state index contributed by atoms with van der Waals surface area (Å²) in [5.74, 6) is -0.279. The van der Waals surface area contributed by atoms with Gasteiger partial charge in [-0.2, -0.15) is 0 Å². The van der Waals surface area contributed by atoms with Crippen molar-refractivity contribution in [2.45, 2.75) is 13.3 Å². The van der Waals surface area contributed by atoms with Gasteiger partial charge in [0.05, 0.1) is 19.6 Å². The van der Waals surface area contributed by atoms with E-state index in [1.54, 1.807) is 14.2 Å². The van der Waals surface area contributed by atoms with Crippen LogP contribution in [0.3, 0.4) is 0 Å². The van der Waals surface area contributed by atoms with E-state index >= 15 is 0 Å². The first-order chi connectivity index (χ1) is 8.15. The fourth-order valence-corrected chi connectivity index (χ4v) is 1.61. The number of carbonyl (C=O) groups excluding carboxylic acids is 1. The van der Waals surface area contributed by atoms with Crippen molar-refractivity contribution in [2.75, 3.05) is 54.2 Å². The predicted octanol–water partition coefficient (Wildman–Crippen LogP) is 0.780. The molecule has 1 atom stereocenters. The number of ether oxygens (including phenoxy) is 3. The minimum Gasteiger partial charge on any atom is -0.469 e. The van der Waals surface area contributed by atoms with Crippen LogP contribution in [0, 0.1) is 5.92 Å². The Hall–Kier alpha value is -0.650. The van der Waals surface area contributed by atoms with Gasteiger partial charge in [-0.1, -0.05) is 6.92 Å². The fourth-order valence-electron chi connectivity index (χ4n) is 1.61. The summed E-state index contributed by atoms with van der Waals surface area (Å²) in [7, 11) is 4.79. The Morgan fingerprint density at radius 1 is 1.12 bits per heavy atom.